The maximum Gasteiger partial charge on any atom is 0.240 e. The van der Waals surface area contributed by atoms with Crippen molar-refractivity contribution in [2.24, 2.45) is 5.41 Å². The van der Waals surface area contributed by atoms with Gasteiger partial charge in [-0.25, -0.2) is 13.1 Å². The van der Waals surface area contributed by atoms with E-state index in [0.717, 1.165) is 24.8 Å². The summed E-state index contributed by atoms with van der Waals surface area (Å²) in [4.78, 5) is 0.368. The van der Waals surface area contributed by atoms with Crippen molar-refractivity contribution < 1.29 is 8.42 Å². The summed E-state index contributed by atoms with van der Waals surface area (Å²) in [5.74, 6) is 0. The third-order valence-electron chi connectivity index (χ3n) is 4.49. The quantitative estimate of drug-likeness (QED) is 0.813. The molecule has 0 aliphatic heterocycles. The van der Waals surface area contributed by atoms with Crippen LogP contribution in [0.1, 0.15) is 44.2 Å². The topological polar surface area (TPSA) is 58.2 Å². The highest BCUT2D eigenvalue weighted by Gasteiger charge is 2.33. The van der Waals surface area contributed by atoms with Gasteiger partial charge in [0.05, 0.1) is 4.90 Å². The maximum atomic E-state index is 12.4. The summed E-state index contributed by atoms with van der Waals surface area (Å²) < 4.78 is 27.7. The smallest absolute Gasteiger partial charge is 0.240 e. The second kappa shape index (κ2) is 6.46. The SMILES string of the molecule is CCc1ccc(S(=O)(=O)NCC2(C)CCC2)cc1CNC. The molecule has 1 aliphatic rings. The van der Waals surface area contributed by atoms with Crippen molar-refractivity contribution in [1.29, 1.82) is 0 Å². The van der Waals surface area contributed by atoms with Crippen molar-refractivity contribution in [3.8, 4) is 0 Å². The number of hydrogen-bond acceptors (Lipinski definition) is 3. The zero-order valence-electron chi connectivity index (χ0n) is 13.2. The van der Waals surface area contributed by atoms with E-state index in [1.165, 1.54) is 12.0 Å². The Morgan fingerprint density at radius 3 is 2.48 bits per heavy atom. The van der Waals surface area contributed by atoms with E-state index in [4.69, 9.17) is 0 Å². The van der Waals surface area contributed by atoms with Gasteiger partial charge in [-0.3, -0.25) is 0 Å². The lowest BCUT2D eigenvalue weighted by molar-refractivity contribution is 0.166. The van der Waals surface area contributed by atoms with Gasteiger partial charge in [0, 0.05) is 13.1 Å². The molecule has 1 aliphatic carbocycles. The van der Waals surface area contributed by atoms with Gasteiger partial charge < -0.3 is 5.32 Å². The molecule has 2 N–H and O–H groups in total. The van der Waals surface area contributed by atoms with Gasteiger partial charge in [-0.05, 0) is 55.0 Å². The molecule has 1 fully saturated rings. The van der Waals surface area contributed by atoms with Gasteiger partial charge in [-0.15, -0.1) is 0 Å². The van der Waals surface area contributed by atoms with E-state index in [0.29, 0.717) is 18.0 Å². The fraction of sp³-hybridized carbons (Fsp3) is 0.625. The molecule has 0 spiro atoms. The van der Waals surface area contributed by atoms with E-state index in [-0.39, 0.29) is 5.41 Å². The third-order valence-corrected chi connectivity index (χ3v) is 5.88. The Hall–Kier alpha value is -0.910. The summed E-state index contributed by atoms with van der Waals surface area (Å²) >= 11 is 0. The predicted octanol–water partition coefficient (Wildman–Crippen LogP) is 2.44. The Bertz CT molecular complexity index is 592. The third kappa shape index (κ3) is 3.84. The monoisotopic (exact) mass is 310 g/mol. The molecular weight excluding hydrogens is 284 g/mol. The van der Waals surface area contributed by atoms with Gasteiger partial charge in [0.25, 0.3) is 0 Å². The van der Waals surface area contributed by atoms with Gasteiger partial charge in [0.2, 0.25) is 10.0 Å². The Morgan fingerprint density at radius 2 is 1.95 bits per heavy atom. The maximum absolute atomic E-state index is 12.4. The Morgan fingerprint density at radius 1 is 1.24 bits per heavy atom. The zero-order chi connectivity index (χ0) is 15.5. The van der Waals surface area contributed by atoms with Crippen molar-refractivity contribution >= 4 is 10.0 Å². The molecule has 21 heavy (non-hydrogen) atoms. The van der Waals surface area contributed by atoms with E-state index in [1.54, 1.807) is 12.1 Å². The molecule has 0 amide bonds. The van der Waals surface area contributed by atoms with Crippen molar-refractivity contribution in [2.45, 2.75) is 51.0 Å². The van der Waals surface area contributed by atoms with Crippen LogP contribution < -0.4 is 10.0 Å². The first-order chi connectivity index (χ1) is 9.90. The van der Waals surface area contributed by atoms with Crippen LogP contribution in [0.25, 0.3) is 0 Å². The molecular formula is C16H26N2O2S. The van der Waals surface area contributed by atoms with Crippen molar-refractivity contribution in [2.75, 3.05) is 13.6 Å². The molecule has 0 atom stereocenters. The number of nitrogens with one attached hydrogen (secondary N) is 2. The van der Waals surface area contributed by atoms with Gasteiger partial charge in [-0.1, -0.05) is 26.3 Å². The number of benzene rings is 1. The first-order valence-electron chi connectivity index (χ1n) is 7.66. The molecule has 0 aromatic heterocycles. The largest absolute Gasteiger partial charge is 0.316 e. The molecule has 4 nitrogen and oxygen atoms in total. The molecule has 1 saturated carbocycles. The molecule has 5 heteroatoms. The molecule has 0 saturated heterocycles. The van der Waals surface area contributed by atoms with Crippen LogP contribution in [0.2, 0.25) is 0 Å². The van der Waals surface area contributed by atoms with Crippen LogP contribution in [0, 0.1) is 5.41 Å². The van der Waals surface area contributed by atoms with Crippen molar-refractivity contribution in [1.82, 2.24) is 10.0 Å². The lowest BCUT2D eigenvalue weighted by Crippen LogP contribution is -2.39. The normalized spacial score (nSPS) is 17.5. The molecule has 0 radical (unpaired) electrons. The minimum atomic E-state index is -3.41. The summed E-state index contributed by atoms with van der Waals surface area (Å²) in [6, 6.07) is 5.43. The minimum Gasteiger partial charge on any atom is -0.316 e. The van der Waals surface area contributed by atoms with Crippen molar-refractivity contribution in [3.63, 3.8) is 0 Å². The summed E-state index contributed by atoms with van der Waals surface area (Å²) in [5.41, 5.74) is 2.39. The molecule has 118 valence electrons. The number of rotatable bonds is 7. The van der Waals surface area contributed by atoms with Crippen LogP contribution in [0.3, 0.4) is 0 Å². The fourth-order valence-corrected chi connectivity index (χ4v) is 4.03. The van der Waals surface area contributed by atoms with Gasteiger partial charge in [0.1, 0.15) is 0 Å². The van der Waals surface area contributed by atoms with Crippen LogP contribution >= 0.6 is 0 Å². The highest BCUT2D eigenvalue weighted by molar-refractivity contribution is 7.89. The second-order valence-electron chi connectivity index (χ2n) is 6.30. The van der Waals surface area contributed by atoms with Gasteiger partial charge in [0.15, 0.2) is 0 Å². The number of sulfonamides is 1. The van der Waals surface area contributed by atoms with E-state index in [2.05, 4.69) is 23.9 Å². The van der Waals surface area contributed by atoms with E-state index >= 15 is 0 Å². The van der Waals surface area contributed by atoms with Crippen LogP contribution in [-0.4, -0.2) is 22.0 Å². The zero-order valence-corrected chi connectivity index (χ0v) is 14.0. The summed E-state index contributed by atoms with van der Waals surface area (Å²) in [5, 5.41) is 3.10. The average molecular weight is 310 g/mol. The van der Waals surface area contributed by atoms with E-state index < -0.39 is 10.0 Å². The molecule has 1 aromatic carbocycles. The highest BCUT2D eigenvalue weighted by atomic mass is 32.2. The van der Waals surface area contributed by atoms with Crippen LogP contribution in [0.5, 0.6) is 0 Å². The number of aryl methyl sites for hydroxylation is 1. The molecule has 0 unspecified atom stereocenters. The molecule has 1 aromatic rings. The van der Waals surface area contributed by atoms with Crippen LogP contribution in [-0.2, 0) is 23.0 Å². The summed E-state index contributed by atoms with van der Waals surface area (Å²) in [6.07, 6.45) is 4.32. The first-order valence-corrected chi connectivity index (χ1v) is 9.14. The predicted molar refractivity (Wildman–Crippen MR) is 85.7 cm³/mol. The Kier molecular flexibility index (Phi) is 5.07. The average Bonchev–Trinajstić information content (AvgIpc) is 2.43. The lowest BCUT2D eigenvalue weighted by Gasteiger charge is -2.38. The van der Waals surface area contributed by atoms with Gasteiger partial charge in [-0.2, -0.15) is 0 Å². The van der Waals surface area contributed by atoms with Crippen molar-refractivity contribution in [3.05, 3.63) is 29.3 Å². The standard InChI is InChI=1S/C16H26N2O2S/c1-4-13-6-7-15(10-14(13)11-17-3)21(19,20)18-12-16(2)8-5-9-16/h6-7,10,17-18H,4-5,8-9,11-12H2,1-3H3. The summed E-state index contributed by atoms with van der Waals surface area (Å²) in [7, 11) is -1.54. The molecule has 0 heterocycles. The van der Waals surface area contributed by atoms with Crippen LogP contribution in [0.15, 0.2) is 23.1 Å². The Balaban J connectivity index is 2.17. The van der Waals surface area contributed by atoms with E-state index in [9.17, 15) is 8.42 Å². The first kappa shape index (κ1) is 16.5. The highest BCUT2D eigenvalue weighted by Crippen LogP contribution is 2.39. The minimum absolute atomic E-state index is 0.143. The second-order valence-corrected chi connectivity index (χ2v) is 8.07. The lowest BCUT2D eigenvalue weighted by atomic mass is 9.71. The molecule has 2 rings (SSSR count). The summed E-state index contributed by atoms with van der Waals surface area (Å²) in [6.45, 7) is 5.44. The molecule has 0 bridgehead atoms. The number of hydrogen-bond donors (Lipinski definition) is 2. The Labute approximate surface area is 128 Å². The van der Waals surface area contributed by atoms with Gasteiger partial charge >= 0.3 is 0 Å². The van der Waals surface area contributed by atoms with Crippen LogP contribution in [0.4, 0.5) is 0 Å². The van der Waals surface area contributed by atoms with E-state index in [1.807, 2.05) is 13.1 Å². The fourth-order valence-electron chi connectivity index (χ4n) is 2.78.